The summed E-state index contributed by atoms with van der Waals surface area (Å²) in [5.41, 5.74) is 0.245. The van der Waals surface area contributed by atoms with Gasteiger partial charge in [-0.1, -0.05) is 16.9 Å². The first-order chi connectivity index (χ1) is 9.92. The topological polar surface area (TPSA) is 105 Å². The molecule has 1 heterocycles. The molecule has 7 nitrogen and oxygen atoms in total. The van der Waals surface area contributed by atoms with Crippen LogP contribution >= 0.6 is 0 Å². The number of aliphatic hydroxyl groups is 1. The van der Waals surface area contributed by atoms with Gasteiger partial charge in [0.25, 0.3) is 10.0 Å². The van der Waals surface area contributed by atoms with E-state index < -0.39 is 20.7 Å². The molecule has 0 atom stereocenters. The summed E-state index contributed by atoms with van der Waals surface area (Å²) in [6.45, 7) is 1.11. The Morgan fingerprint density at radius 2 is 2.19 bits per heavy atom. The minimum atomic E-state index is -4.19. The van der Waals surface area contributed by atoms with Gasteiger partial charge in [-0.2, -0.15) is 0 Å². The first kappa shape index (κ1) is 15.0. The number of halogens is 1. The highest BCUT2D eigenvalue weighted by atomic mass is 32.2. The van der Waals surface area contributed by atoms with Gasteiger partial charge in [0.2, 0.25) is 5.89 Å². The average molecular weight is 311 g/mol. The summed E-state index contributed by atoms with van der Waals surface area (Å²) in [4.78, 5) is -0.576. The molecule has 1 aromatic heterocycles. The lowest BCUT2D eigenvalue weighted by Crippen LogP contribution is -2.15. The second kappa shape index (κ2) is 5.90. The van der Waals surface area contributed by atoms with Crippen LogP contribution in [0.1, 0.15) is 11.5 Å². The Morgan fingerprint density at radius 1 is 1.43 bits per heavy atom. The minimum Gasteiger partial charge on any atom is -0.408 e. The van der Waals surface area contributed by atoms with Gasteiger partial charge in [-0.05, 0) is 18.2 Å². The van der Waals surface area contributed by atoms with E-state index in [0.717, 1.165) is 12.1 Å². The molecule has 0 bridgehead atoms. The van der Waals surface area contributed by atoms with Gasteiger partial charge < -0.3 is 9.52 Å². The van der Waals surface area contributed by atoms with Crippen molar-refractivity contribution >= 4 is 16.0 Å². The maximum Gasteiger partial charge on any atom is 0.329 e. The number of anilines is 1. The Morgan fingerprint density at radius 3 is 2.76 bits per heavy atom. The molecule has 110 valence electrons. The van der Waals surface area contributed by atoms with Gasteiger partial charge in [-0.3, -0.25) is 0 Å². The third-order valence-electron chi connectivity index (χ3n) is 2.28. The summed E-state index contributed by atoms with van der Waals surface area (Å²) in [7, 11) is -4.19. The summed E-state index contributed by atoms with van der Waals surface area (Å²) in [5.74, 6) is 3.99. The normalized spacial score (nSPS) is 10.8. The van der Waals surface area contributed by atoms with Gasteiger partial charge in [0.15, 0.2) is 0 Å². The van der Waals surface area contributed by atoms with E-state index in [1.165, 1.54) is 13.0 Å². The molecule has 0 unspecified atom stereocenters. The molecule has 0 aliphatic rings. The third kappa shape index (κ3) is 3.56. The van der Waals surface area contributed by atoms with E-state index in [9.17, 15) is 12.8 Å². The van der Waals surface area contributed by atoms with E-state index in [1.807, 2.05) is 4.72 Å². The number of hydrogen-bond acceptors (Lipinski definition) is 6. The van der Waals surface area contributed by atoms with Crippen LogP contribution in [0.5, 0.6) is 0 Å². The lowest BCUT2D eigenvalue weighted by atomic mass is 10.2. The quantitative estimate of drug-likeness (QED) is 0.807. The summed E-state index contributed by atoms with van der Waals surface area (Å²) in [6, 6.07) is 2.98. The van der Waals surface area contributed by atoms with Crippen molar-refractivity contribution in [3.8, 4) is 11.8 Å². The number of nitrogens with zero attached hydrogens (tertiary/aromatic N) is 2. The predicted octanol–water partition coefficient (Wildman–Crippen LogP) is 0.662. The molecule has 0 aliphatic carbocycles. The maximum absolute atomic E-state index is 13.9. The molecule has 0 saturated carbocycles. The number of nitrogens with one attached hydrogen (secondary N) is 1. The van der Waals surface area contributed by atoms with E-state index >= 15 is 0 Å². The highest BCUT2D eigenvalue weighted by Gasteiger charge is 2.21. The molecule has 2 rings (SSSR count). The first-order valence-electron chi connectivity index (χ1n) is 5.64. The van der Waals surface area contributed by atoms with E-state index in [2.05, 4.69) is 22.0 Å². The lowest BCUT2D eigenvalue weighted by Gasteiger charge is -2.05. The van der Waals surface area contributed by atoms with Crippen molar-refractivity contribution in [2.75, 3.05) is 11.3 Å². The van der Waals surface area contributed by atoms with Crippen molar-refractivity contribution in [2.24, 2.45) is 0 Å². The average Bonchev–Trinajstić information content (AvgIpc) is 2.80. The van der Waals surface area contributed by atoms with Crippen LogP contribution in [0, 0.1) is 24.6 Å². The van der Waals surface area contributed by atoms with E-state index in [1.54, 1.807) is 0 Å². The first-order valence-corrected chi connectivity index (χ1v) is 7.13. The summed E-state index contributed by atoms with van der Waals surface area (Å²) >= 11 is 0. The van der Waals surface area contributed by atoms with E-state index in [0.29, 0.717) is 0 Å². The molecule has 0 saturated heterocycles. The molecule has 0 fully saturated rings. The van der Waals surface area contributed by atoms with Crippen LogP contribution in [0.2, 0.25) is 0 Å². The molecular weight excluding hydrogens is 301 g/mol. The Balaban J connectivity index is 2.32. The standard InChI is InChI=1S/C12H10FN3O4S/c1-8-14-15-12(20-8)16-21(18,19)11-5-4-9(3-2-6-17)7-10(11)13/h4-5,7,17H,6H2,1H3,(H,15,16). The fourth-order valence-corrected chi connectivity index (χ4v) is 2.43. The van der Waals surface area contributed by atoms with Gasteiger partial charge >= 0.3 is 6.01 Å². The fraction of sp³-hybridized carbons (Fsp3) is 0.167. The summed E-state index contributed by atoms with van der Waals surface area (Å²) < 4.78 is 44.7. The van der Waals surface area contributed by atoms with Crippen molar-refractivity contribution < 1.29 is 22.3 Å². The van der Waals surface area contributed by atoms with Crippen LogP contribution in [0.25, 0.3) is 0 Å². The largest absolute Gasteiger partial charge is 0.408 e. The van der Waals surface area contributed by atoms with Crippen molar-refractivity contribution in [3.05, 3.63) is 35.5 Å². The smallest absolute Gasteiger partial charge is 0.329 e. The van der Waals surface area contributed by atoms with Crippen molar-refractivity contribution in [1.29, 1.82) is 0 Å². The number of aliphatic hydroxyl groups excluding tert-OH is 1. The zero-order valence-electron chi connectivity index (χ0n) is 10.8. The zero-order valence-corrected chi connectivity index (χ0v) is 11.6. The monoisotopic (exact) mass is 311 g/mol. The van der Waals surface area contributed by atoms with Crippen LogP contribution in [0.4, 0.5) is 10.4 Å². The van der Waals surface area contributed by atoms with Gasteiger partial charge in [0.05, 0.1) is 0 Å². The number of benzene rings is 1. The van der Waals surface area contributed by atoms with Crippen LogP contribution < -0.4 is 4.72 Å². The van der Waals surface area contributed by atoms with Crippen molar-refractivity contribution in [1.82, 2.24) is 10.2 Å². The Kier molecular flexibility index (Phi) is 4.21. The molecule has 0 aliphatic heterocycles. The minimum absolute atomic E-state index is 0.169. The predicted molar refractivity (Wildman–Crippen MR) is 70.2 cm³/mol. The SMILES string of the molecule is Cc1nnc(NS(=O)(=O)c2ccc(C#CCO)cc2F)o1. The fourth-order valence-electron chi connectivity index (χ4n) is 1.45. The molecule has 0 spiro atoms. The molecular formula is C12H10FN3O4S. The molecule has 1 aromatic carbocycles. The highest BCUT2D eigenvalue weighted by Crippen LogP contribution is 2.19. The number of hydrogen-bond donors (Lipinski definition) is 2. The van der Waals surface area contributed by atoms with Crippen LogP contribution in [-0.2, 0) is 10.0 Å². The number of aryl methyl sites for hydroxylation is 1. The molecule has 0 radical (unpaired) electrons. The number of sulfonamides is 1. The second-order valence-corrected chi connectivity index (χ2v) is 5.49. The van der Waals surface area contributed by atoms with Crippen LogP contribution in [-0.4, -0.2) is 30.3 Å². The zero-order chi connectivity index (χ0) is 15.5. The van der Waals surface area contributed by atoms with Crippen molar-refractivity contribution in [2.45, 2.75) is 11.8 Å². The van der Waals surface area contributed by atoms with Gasteiger partial charge in [-0.15, -0.1) is 5.10 Å². The third-order valence-corrected chi connectivity index (χ3v) is 3.63. The molecule has 9 heteroatoms. The Hall–Kier alpha value is -2.44. The molecule has 21 heavy (non-hydrogen) atoms. The van der Waals surface area contributed by atoms with Gasteiger partial charge in [-0.25, -0.2) is 17.5 Å². The maximum atomic E-state index is 13.9. The summed E-state index contributed by atoms with van der Waals surface area (Å²) in [6.07, 6.45) is 0. The van der Waals surface area contributed by atoms with Gasteiger partial charge in [0.1, 0.15) is 17.3 Å². The molecule has 2 N–H and O–H groups in total. The Labute approximate surface area is 119 Å². The van der Waals surface area contributed by atoms with Gasteiger partial charge in [0, 0.05) is 12.5 Å². The summed E-state index contributed by atoms with van der Waals surface area (Å²) in [5, 5.41) is 15.5. The lowest BCUT2D eigenvalue weighted by molar-refractivity contribution is 0.350. The second-order valence-electron chi connectivity index (χ2n) is 3.84. The van der Waals surface area contributed by atoms with Crippen LogP contribution in [0.3, 0.4) is 0 Å². The Bertz CT molecular complexity index is 821. The van der Waals surface area contributed by atoms with E-state index in [-0.39, 0.29) is 24.1 Å². The molecule has 0 amide bonds. The number of rotatable bonds is 3. The highest BCUT2D eigenvalue weighted by molar-refractivity contribution is 7.92. The molecule has 2 aromatic rings. The van der Waals surface area contributed by atoms with Crippen molar-refractivity contribution in [3.63, 3.8) is 0 Å². The number of aromatic nitrogens is 2. The van der Waals surface area contributed by atoms with E-state index in [4.69, 9.17) is 9.52 Å². The van der Waals surface area contributed by atoms with Crippen LogP contribution in [0.15, 0.2) is 27.5 Å².